The number of rotatable bonds is 3. The van der Waals surface area contributed by atoms with E-state index < -0.39 is 11.7 Å². The maximum Gasteiger partial charge on any atom is 0.260 e. The average Bonchev–Trinajstić information content (AvgIpc) is 2.77. The van der Waals surface area contributed by atoms with E-state index in [1.807, 2.05) is 0 Å². The summed E-state index contributed by atoms with van der Waals surface area (Å²) in [6.07, 6.45) is 0. The van der Waals surface area contributed by atoms with Gasteiger partial charge in [0.1, 0.15) is 17.3 Å². The molecule has 2 rings (SSSR count). The Hall–Kier alpha value is -2.28. The van der Waals surface area contributed by atoms with E-state index in [9.17, 15) is 14.0 Å². The number of thiazole rings is 1. The van der Waals surface area contributed by atoms with Crippen LogP contribution in [0.3, 0.4) is 0 Å². The highest BCUT2D eigenvalue weighted by Gasteiger charge is 2.14. The number of anilines is 1. The Balaban J connectivity index is 2.18. The highest BCUT2D eigenvalue weighted by Crippen LogP contribution is 2.19. The lowest BCUT2D eigenvalue weighted by atomic mass is 10.2. The molecule has 0 spiro atoms. The maximum absolute atomic E-state index is 13.4. The summed E-state index contributed by atoms with van der Waals surface area (Å²) in [5, 5.41) is 13.2. The van der Waals surface area contributed by atoms with Gasteiger partial charge in [-0.3, -0.25) is 14.9 Å². The highest BCUT2D eigenvalue weighted by atomic mass is 32.1. The van der Waals surface area contributed by atoms with Gasteiger partial charge in [-0.2, -0.15) is 0 Å². The highest BCUT2D eigenvalue weighted by molar-refractivity contribution is 7.14. The van der Waals surface area contributed by atoms with E-state index in [1.165, 1.54) is 24.4 Å². The Morgan fingerprint density at radius 3 is 2.74 bits per heavy atom. The van der Waals surface area contributed by atoms with Crippen LogP contribution >= 0.6 is 11.3 Å². The third kappa shape index (κ3) is 2.94. The van der Waals surface area contributed by atoms with Crippen LogP contribution in [0.25, 0.3) is 0 Å². The normalized spacial score (nSPS) is 10.2. The van der Waals surface area contributed by atoms with Gasteiger partial charge in [0.05, 0.1) is 5.56 Å². The van der Waals surface area contributed by atoms with Gasteiger partial charge in [-0.05, 0) is 12.1 Å². The summed E-state index contributed by atoms with van der Waals surface area (Å²) in [5.41, 5.74) is 0.0313. The summed E-state index contributed by atoms with van der Waals surface area (Å²) in [6, 6.07) is 3.22. The number of phenolic OH excluding ortho intramolecular Hbond substituents is 1. The van der Waals surface area contributed by atoms with Crippen LogP contribution in [0.1, 0.15) is 27.8 Å². The monoisotopic (exact) mass is 280 g/mol. The fourth-order valence-corrected chi connectivity index (χ4v) is 2.09. The Kier molecular flexibility index (Phi) is 3.57. The van der Waals surface area contributed by atoms with E-state index in [0.717, 1.165) is 17.4 Å². The van der Waals surface area contributed by atoms with Crippen LogP contribution in [0.15, 0.2) is 23.6 Å². The number of aromatic nitrogens is 1. The Morgan fingerprint density at radius 1 is 1.42 bits per heavy atom. The number of ketones is 1. The lowest BCUT2D eigenvalue weighted by Crippen LogP contribution is -2.13. The predicted octanol–water partition coefficient (Wildman–Crippen LogP) is 2.44. The first-order valence-electron chi connectivity index (χ1n) is 5.23. The van der Waals surface area contributed by atoms with Crippen LogP contribution in [-0.2, 0) is 0 Å². The quantitative estimate of drug-likeness (QED) is 0.846. The molecular formula is C12H9FN2O3S. The number of Topliss-reactive ketones (excluding diaryl/α,β-unsaturated/α-hetero) is 1. The Bertz CT molecular complexity index is 654. The second kappa shape index (κ2) is 5.15. The number of nitrogens with one attached hydrogen (secondary N) is 1. The van der Waals surface area contributed by atoms with E-state index >= 15 is 0 Å². The van der Waals surface area contributed by atoms with Crippen molar-refractivity contribution in [3.8, 4) is 5.75 Å². The molecule has 0 saturated carbocycles. The summed E-state index contributed by atoms with van der Waals surface area (Å²) in [4.78, 5) is 26.7. The van der Waals surface area contributed by atoms with Gasteiger partial charge in [0, 0.05) is 18.4 Å². The number of benzene rings is 1. The minimum atomic E-state index is -0.833. The summed E-state index contributed by atoms with van der Waals surface area (Å²) in [6.45, 7) is 1.36. The van der Waals surface area contributed by atoms with Crippen LogP contribution in [0.4, 0.5) is 9.52 Å². The summed E-state index contributed by atoms with van der Waals surface area (Å²) >= 11 is 1.07. The molecule has 1 aromatic carbocycles. The molecule has 0 saturated heterocycles. The van der Waals surface area contributed by atoms with Gasteiger partial charge in [-0.1, -0.05) is 0 Å². The largest absolute Gasteiger partial charge is 0.508 e. The van der Waals surface area contributed by atoms with Crippen molar-refractivity contribution in [2.24, 2.45) is 0 Å². The first-order valence-corrected chi connectivity index (χ1v) is 6.11. The van der Waals surface area contributed by atoms with Crippen molar-refractivity contribution in [3.05, 3.63) is 40.7 Å². The SMILES string of the molecule is CC(=O)c1csc(NC(=O)c2ccc(O)cc2F)n1. The minimum Gasteiger partial charge on any atom is -0.508 e. The summed E-state index contributed by atoms with van der Waals surface area (Å²) < 4.78 is 13.4. The molecule has 0 aliphatic heterocycles. The zero-order chi connectivity index (χ0) is 14.0. The molecule has 7 heteroatoms. The first kappa shape index (κ1) is 13.2. The van der Waals surface area contributed by atoms with Gasteiger partial charge in [0.2, 0.25) is 0 Å². The number of hydrogen-bond donors (Lipinski definition) is 2. The number of carbonyl (C=O) groups is 2. The first-order chi connectivity index (χ1) is 8.97. The molecule has 1 heterocycles. The van der Waals surface area contributed by atoms with Crippen molar-refractivity contribution in [2.75, 3.05) is 5.32 Å². The van der Waals surface area contributed by atoms with Gasteiger partial charge < -0.3 is 5.11 Å². The number of carbonyl (C=O) groups excluding carboxylic acids is 2. The molecule has 0 bridgehead atoms. The molecule has 0 radical (unpaired) electrons. The van der Waals surface area contributed by atoms with Gasteiger partial charge >= 0.3 is 0 Å². The number of amides is 1. The standard InChI is InChI=1S/C12H9FN2O3S/c1-6(16)10-5-19-12(14-10)15-11(18)8-3-2-7(17)4-9(8)13/h2-5,17H,1H3,(H,14,15,18). The summed E-state index contributed by atoms with van der Waals surface area (Å²) in [7, 11) is 0. The second-order valence-corrected chi connectivity index (χ2v) is 4.57. The zero-order valence-electron chi connectivity index (χ0n) is 9.81. The number of hydrogen-bond acceptors (Lipinski definition) is 5. The van der Waals surface area contributed by atoms with Crippen LogP contribution in [0.2, 0.25) is 0 Å². The van der Waals surface area contributed by atoms with Gasteiger partial charge in [-0.15, -0.1) is 11.3 Å². The molecule has 1 amide bonds. The number of nitrogens with zero attached hydrogens (tertiary/aromatic N) is 1. The predicted molar refractivity (Wildman–Crippen MR) is 68.1 cm³/mol. The summed E-state index contributed by atoms with van der Waals surface area (Å²) in [5.74, 6) is -2.00. The molecule has 2 aromatic rings. The van der Waals surface area contributed by atoms with Crippen molar-refractivity contribution in [2.45, 2.75) is 6.92 Å². The third-order valence-electron chi connectivity index (χ3n) is 2.28. The van der Waals surface area contributed by atoms with Crippen LogP contribution < -0.4 is 5.32 Å². The maximum atomic E-state index is 13.4. The lowest BCUT2D eigenvalue weighted by molar-refractivity contribution is 0.100. The van der Waals surface area contributed by atoms with E-state index in [0.29, 0.717) is 0 Å². The van der Waals surface area contributed by atoms with E-state index in [4.69, 9.17) is 5.11 Å². The molecule has 5 nitrogen and oxygen atoms in total. The van der Waals surface area contributed by atoms with E-state index in [2.05, 4.69) is 10.3 Å². The Labute approximate surface area is 111 Å². The molecule has 2 N–H and O–H groups in total. The molecular weight excluding hydrogens is 271 g/mol. The molecule has 0 aliphatic carbocycles. The van der Waals surface area contributed by atoms with Gasteiger partial charge in [0.25, 0.3) is 5.91 Å². The van der Waals surface area contributed by atoms with E-state index in [1.54, 1.807) is 0 Å². The second-order valence-electron chi connectivity index (χ2n) is 3.71. The number of phenols is 1. The molecule has 98 valence electrons. The fraction of sp³-hybridized carbons (Fsp3) is 0.0833. The minimum absolute atomic E-state index is 0.211. The lowest BCUT2D eigenvalue weighted by Gasteiger charge is -2.03. The molecule has 0 fully saturated rings. The fourth-order valence-electron chi connectivity index (χ4n) is 1.35. The molecule has 0 aliphatic rings. The van der Waals surface area contributed by atoms with E-state index in [-0.39, 0.29) is 27.9 Å². The van der Waals surface area contributed by atoms with Gasteiger partial charge in [-0.25, -0.2) is 9.37 Å². The topological polar surface area (TPSA) is 79.3 Å². The number of aromatic hydroxyl groups is 1. The average molecular weight is 280 g/mol. The molecule has 1 aromatic heterocycles. The molecule has 19 heavy (non-hydrogen) atoms. The van der Waals surface area contributed by atoms with Crippen molar-refractivity contribution in [3.63, 3.8) is 0 Å². The van der Waals surface area contributed by atoms with Crippen LogP contribution in [0.5, 0.6) is 5.75 Å². The van der Waals surface area contributed by atoms with Crippen molar-refractivity contribution in [1.82, 2.24) is 4.98 Å². The molecule has 0 unspecified atom stereocenters. The Morgan fingerprint density at radius 2 is 2.16 bits per heavy atom. The van der Waals surface area contributed by atoms with Crippen molar-refractivity contribution >= 4 is 28.2 Å². The van der Waals surface area contributed by atoms with Crippen LogP contribution in [0, 0.1) is 5.82 Å². The van der Waals surface area contributed by atoms with Crippen molar-refractivity contribution in [1.29, 1.82) is 0 Å². The third-order valence-corrected chi connectivity index (χ3v) is 3.04. The van der Waals surface area contributed by atoms with Gasteiger partial charge in [0.15, 0.2) is 10.9 Å². The van der Waals surface area contributed by atoms with Crippen molar-refractivity contribution < 1.29 is 19.1 Å². The molecule has 0 atom stereocenters. The smallest absolute Gasteiger partial charge is 0.260 e. The number of halogens is 1. The van der Waals surface area contributed by atoms with Crippen LogP contribution in [-0.4, -0.2) is 21.8 Å². The zero-order valence-corrected chi connectivity index (χ0v) is 10.6.